The molecule has 0 aromatic carbocycles. The van der Waals surface area contributed by atoms with E-state index in [4.69, 9.17) is 4.74 Å². The summed E-state index contributed by atoms with van der Waals surface area (Å²) in [4.78, 5) is 5.21. The third kappa shape index (κ3) is 5.65. The summed E-state index contributed by atoms with van der Waals surface area (Å²) in [5.74, 6) is 0. The first kappa shape index (κ1) is 15.9. The van der Waals surface area contributed by atoms with Gasteiger partial charge in [-0.2, -0.15) is 0 Å². The number of methoxy groups -OCH3 is 1. The number of rotatable bonds is 10. The highest BCUT2D eigenvalue weighted by atomic mass is 16.5. The molecule has 0 amide bonds. The van der Waals surface area contributed by atoms with Crippen molar-refractivity contribution in [1.29, 1.82) is 0 Å². The van der Waals surface area contributed by atoms with Gasteiger partial charge in [0.1, 0.15) is 0 Å². The molecule has 18 heavy (non-hydrogen) atoms. The summed E-state index contributed by atoms with van der Waals surface area (Å²) < 4.78 is 5.01. The third-order valence-electron chi connectivity index (χ3n) is 3.89. The Kier molecular flexibility index (Phi) is 8.59. The van der Waals surface area contributed by atoms with Crippen molar-refractivity contribution >= 4 is 0 Å². The van der Waals surface area contributed by atoms with Crippen LogP contribution in [0.2, 0.25) is 0 Å². The molecule has 0 aliphatic carbocycles. The molecule has 1 aliphatic rings. The van der Waals surface area contributed by atoms with Gasteiger partial charge in [0.25, 0.3) is 0 Å². The first-order chi connectivity index (χ1) is 8.81. The molecule has 0 bridgehead atoms. The predicted molar refractivity (Wildman–Crippen MR) is 77.1 cm³/mol. The number of ether oxygens (including phenoxy) is 1. The van der Waals surface area contributed by atoms with Crippen LogP contribution in [0, 0.1) is 0 Å². The first-order valence-electron chi connectivity index (χ1n) is 7.47. The van der Waals surface area contributed by atoms with E-state index in [1.165, 1.54) is 45.6 Å². The average Bonchev–Trinajstić information content (AvgIpc) is 2.84. The van der Waals surface area contributed by atoms with Crippen LogP contribution in [-0.2, 0) is 4.74 Å². The summed E-state index contributed by atoms with van der Waals surface area (Å²) in [6.45, 7) is 13.6. The number of nitrogens with zero attached hydrogens (tertiary/aromatic N) is 2. The Morgan fingerprint density at radius 1 is 1.28 bits per heavy atom. The van der Waals surface area contributed by atoms with E-state index in [0.717, 1.165) is 25.7 Å². The van der Waals surface area contributed by atoms with Crippen molar-refractivity contribution in [3.8, 4) is 0 Å². The molecule has 1 fully saturated rings. The molecule has 1 N–H and O–H groups in total. The second-order valence-corrected chi connectivity index (χ2v) is 5.06. The number of hydrogen-bond donors (Lipinski definition) is 1. The molecule has 1 saturated heterocycles. The maximum atomic E-state index is 5.01. The zero-order chi connectivity index (χ0) is 13.2. The van der Waals surface area contributed by atoms with E-state index < -0.39 is 0 Å². The number of likely N-dealkylation sites (tertiary alicyclic amines) is 1. The smallest absolute Gasteiger partial charge is 0.0587 e. The van der Waals surface area contributed by atoms with Crippen LogP contribution >= 0.6 is 0 Å². The zero-order valence-electron chi connectivity index (χ0n) is 12.5. The van der Waals surface area contributed by atoms with Gasteiger partial charge >= 0.3 is 0 Å². The lowest BCUT2D eigenvalue weighted by atomic mass is 10.2. The van der Waals surface area contributed by atoms with E-state index in [-0.39, 0.29) is 0 Å². The van der Waals surface area contributed by atoms with Crippen molar-refractivity contribution in [2.45, 2.75) is 32.7 Å². The highest BCUT2D eigenvalue weighted by Gasteiger charge is 2.25. The second kappa shape index (κ2) is 9.73. The van der Waals surface area contributed by atoms with Crippen molar-refractivity contribution in [1.82, 2.24) is 15.1 Å². The van der Waals surface area contributed by atoms with E-state index in [2.05, 4.69) is 29.0 Å². The first-order valence-corrected chi connectivity index (χ1v) is 7.47. The Morgan fingerprint density at radius 2 is 2.06 bits per heavy atom. The van der Waals surface area contributed by atoms with E-state index >= 15 is 0 Å². The summed E-state index contributed by atoms with van der Waals surface area (Å²) in [6, 6.07) is 0.793. The van der Waals surface area contributed by atoms with Crippen molar-refractivity contribution in [2.24, 2.45) is 0 Å². The van der Waals surface area contributed by atoms with Crippen LogP contribution in [0.4, 0.5) is 0 Å². The third-order valence-corrected chi connectivity index (χ3v) is 3.89. The van der Waals surface area contributed by atoms with Crippen LogP contribution in [0.25, 0.3) is 0 Å². The van der Waals surface area contributed by atoms with Crippen molar-refractivity contribution in [3.63, 3.8) is 0 Å². The molecule has 0 aromatic rings. The van der Waals surface area contributed by atoms with Crippen LogP contribution in [-0.4, -0.2) is 75.4 Å². The van der Waals surface area contributed by atoms with Gasteiger partial charge in [0, 0.05) is 26.2 Å². The van der Waals surface area contributed by atoms with Gasteiger partial charge < -0.3 is 15.0 Å². The number of nitrogens with one attached hydrogen (secondary N) is 1. The molecule has 0 saturated carbocycles. The van der Waals surface area contributed by atoms with E-state index in [1.54, 1.807) is 7.11 Å². The topological polar surface area (TPSA) is 27.7 Å². The molecule has 1 unspecified atom stereocenters. The average molecular weight is 257 g/mol. The molecule has 108 valence electrons. The Balaban J connectivity index is 2.04. The van der Waals surface area contributed by atoms with E-state index in [9.17, 15) is 0 Å². The maximum absolute atomic E-state index is 5.01. The summed E-state index contributed by atoms with van der Waals surface area (Å²) in [5.41, 5.74) is 0. The van der Waals surface area contributed by atoms with Crippen molar-refractivity contribution < 1.29 is 4.74 Å². The monoisotopic (exact) mass is 257 g/mol. The maximum Gasteiger partial charge on any atom is 0.0587 e. The van der Waals surface area contributed by atoms with Crippen LogP contribution in [0.1, 0.15) is 26.7 Å². The van der Waals surface area contributed by atoms with Crippen molar-refractivity contribution in [2.75, 3.05) is 59.5 Å². The van der Waals surface area contributed by atoms with E-state index in [1.807, 2.05) is 0 Å². The molecule has 0 spiro atoms. The van der Waals surface area contributed by atoms with Gasteiger partial charge in [0.05, 0.1) is 6.61 Å². The number of hydrogen-bond acceptors (Lipinski definition) is 4. The zero-order valence-corrected chi connectivity index (χ0v) is 12.5. The molecule has 0 aromatic heterocycles. The van der Waals surface area contributed by atoms with Gasteiger partial charge in [-0.1, -0.05) is 13.8 Å². The lowest BCUT2D eigenvalue weighted by Crippen LogP contribution is -2.37. The summed E-state index contributed by atoms with van der Waals surface area (Å²) in [6.07, 6.45) is 2.59. The number of likely N-dealkylation sites (N-methyl/N-ethyl adjacent to an activating group) is 1. The Bertz CT molecular complexity index is 197. The molecular formula is C14H31N3O. The summed E-state index contributed by atoms with van der Waals surface area (Å²) in [7, 11) is 1.75. The minimum Gasteiger partial charge on any atom is -0.383 e. The van der Waals surface area contributed by atoms with Gasteiger partial charge in [0.15, 0.2) is 0 Å². The van der Waals surface area contributed by atoms with Crippen LogP contribution < -0.4 is 5.32 Å². The van der Waals surface area contributed by atoms with Gasteiger partial charge in [-0.05, 0) is 45.6 Å². The predicted octanol–water partition coefficient (Wildman–Crippen LogP) is 1.03. The standard InChI is InChI=1S/C14H31N3O/c1-4-17(5-2)14-7-11-16(13-14)10-6-8-15-9-12-18-3/h14-15H,4-13H2,1-3H3. The van der Waals surface area contributed by atoms with Crippen LogP contribution in [0.5, 0.6) is 0 Å². The van der Waals surface area contributed by atoms with Gasteiger partial charge in [0.2, 0.25) is 0 Å². The fourth-order valence-electron chi connectivity index (χ4n) is 2.78. The Morgan fingerprint density at radius 3 is 2.72 bits per heavy atom. The Hall–Kier alpha value is -0.160. The van der Waals surface area contributed by atoms with Crippen LogP contribution in [0.15, 0.2) is 0 Å². The fourth-order valence-corrected chi connectivity index (χ4v) is 2.78. The van der Waals surface area contributed by atoms with Gasteiger partial charge in [-0.15, -0.1) is 0 Å². The Labute approximate surface area is 113 Å². The van der Waals surface area contributed by atoms with Crippen LogP contribution in [0.3, 0.4) is 0 Å². The minimum absolute atomic E-state index is 0.793. The normalized spacial score (nSPS) is 21.0. The lowest BCUT2D eigenvalue weighted by Gasteiger charge is -2.26. The molecule has 1 atom stereocenters. The fraction of sp³-hybridized carbons (Fsp3) is 1.00. The molecular weight excluding hydrogens is 226 g/mol. The molecule has 4 heteroatoms. The van der Waals surface area contributed by atoms with Gasteiger partial charge in [-0.3, -0.25) is 4.90 Å². The quantitative estimate of drug-likeness (QED) is 0.592. The van der Waals surface area contributed by atoms with E-state index in [0.29, 0.717) is 0 Å². The second-order valence-electron chi connectivity index (χ2n) is 5.06. The molecule has 1 heterocycles. The highest BCUT2D eigenvalue weighted by molar-refractivity contribution is 4.82. The lowest BCUT2D eigenvalue weighted by molar-refractivity contribution is 0.197. The summed E-state index contributed by atoms with van der Waals surface area (Å²) in [5, 5.41) is 3.40. The largest absolute Gasteiger partial charge is 0.383 e. The van der Waals surface area contributed by atoms with Crippen molar-refractivity contribution in [3.05, 3.63) is 0 Å². The molecule has 1 aliphatic heterocycles. The molecule has 1 rings (SSSR count). The molecule has 0 radical (unpaired) electrons. The summed E-state index contributed by atoms with van der Waals surface area (Å²) >= 11 is 0. The van der Waals surface area contributed by atoms with Gasteiger partial charge in [-0.25, -0.2) is 0 Å². The highest BCUT2D eigenvalue weighted by Crippen LogP contribution is 2.15. The minimum atomic E-state index is 0.793. The molecule has 4 nitrogen and oxygen atoms in total. The SMILES string of the molecule is CCN(CC)C1CCN(CCCNCCOC)C1.